The summed E-state index contributed by atoms with van der Waals surface area (Å²) in [6, 6.07) is 29.3. The van der Waals surface area contributed by atoms with Gasteiger partial charge in [-0.25, -0.2) is 0 Å². The number of anilines is 1. The van der Waals surface area contributed by atoms with Crippen LogP contribution >= 0.6 is 0 Å². The second-order valence-electron chi connectivity index (χ2n) is 15.3. The molecule has 1 aliphatic heterocycles. The molecule has 0 bridgehead atoms. The van der Waals surface area contributed by atoms with Gasteiger partial charge in [0.1, 0.15) is 0 Å². The summed E-state index contributed by atoms with van der Waals surface area (Å²) >= 11 is 0. The zero-order chi connectivity index (χ0) is 28.6. The first-order chi connectivity index (χ1) is 18.0. The van der Waals surface area contributed by atoms with Gasteiger partial charge in [-0.1, -0.05) is 136 Å². The molecular formula is C37H50N2. The molecule has 2 nitrogen and oxygen atoms in total. The Morgan fingerprint density at radius 3 is 1.51 bits per heavy atom. The lowest BCUT2D eigenvalue weighted by molar-refractivity contribution is 0.283. The van der Waals surface area contributed by atoms with Crippen LogP contribution in [0, 0.1) is 10.8 Å². The highest BCUT2D eigenvalue weighted by Gasteiger charge is 2.31. The fourth-order valence-electron chi connectivity index (χ4n) is 6.78. The molecule has 39 heavy (non-hydrogen) atoms. The fourth-order valence-corrected chi connectivity index (χ4v) is 6.78. The first-order valence-electron chi connectivity index (χ1n) is 14.6. The molecule has 1 heterocycles. The molecule has 1 atom stereocenters. The average Bonchev–Trinajstić information content (AvgIpc) is 3.27. The Balaban J connectivity index is 1.66. The Labute approximate surface area is 238 Å². The third kappa shape index (κ3) is 7.15. The van der Waals surface area contributed by atoms with E-state index in [0.29, 0.717) is 0 Å². The van der Waals surface area contributed by atoms with Crippen molar-refractivity contribution in [3.63, 3.8) is 0 Å². The van der Waals surface area contributed by atoms with Crippen LogP contribution in [0.5, 0.6) is 0 Å². The van der Waals surface area contributed by atoms with Gasteiger partial charge in [-0.15, -0.1) is 0 Å². The van der Waals surface area contributed by atoms with E-state index in [-0.39, 0.29) is 27.7 Å². The van der Waals surface area contributed by atoms with Gasteiger partial charge in [0.05, 0.1) is 17.4 Å². The first kappa shape index (κ1) is 29.0. The largest absolute Gasteiger partial charge is 0.297 e. The first-order valence-corrected chi connectivity index (χ1v) is 14.6. The van der Waals surface area contributed by atoms with Gasteiger partial charge in [-0.3, -0.25) is 10.4 Å². The van der Waals surface area contributed by atoms with E-state index in [1.165, 1.54) is 27.9 Å². The standard InChI is InChI=1S/C37H50N2/c1-34(2,3)25-36(7,8)29-18-16-28(17-19-29)33-24-32(27-14-12-11-13-15-27)38-39(33)31-22-20-30(21-23-31)37(9,10)26-35(4,5)6/h11-24,33,38H,25-26H2,1-10H3. The predicted octanol–water partition coefficient (Wildman–Crippen LogP) is 10.2. The average molecular weight is 523 g/mol. The van der Waals surface area contributed by atoms with E-state index in [1.807, 2.05) is 0 Å². The van der Waals surface area contributed by atoms with Crippen molar-refractivity contribution < 1.29 is 0 Å². The SMILES string of the molecule is CC(C)(C)CC(C)(C)c1ccc(C2C=C(c3ccccc3)NN2c2ccc(C(C)(C)CC(C)(C)C)cc2)cc1. The molecule has 2 heteroatoms. The molecule has 0 spiro atoms. The van der Waals surface area contributed by atoms with Gasteiger partial charge in [-0.05, 0) is 75.0 Å². The quantitative estimate of drug-likeness (QED) is 0.332. The molecule has 0 aromatic heterocycles. The number of rotatable bonds is 7. The summed E-state index contributed by atoms with van der Waals surface area (Å²) in [6.45, 7) is 23.4. The Bertz CT molecular complexity index is 1260. The monoisotopic (exact) mass is 522 g/mol. The maximum atomic E-state index is 3.74. The molecule has 1 aliphatic rings. The van der Waals surface area contributed by atoms with Gasteiger partial charge in [0.2, 0.25) is 0 Å². The van der Waals surface area contributed by atoms with Crippen LogP contribution in [0.4, 0.5) is 5.69 Å². The van der Waals surface area contributed by atoms with Crippen molar-refractivity contribution in [3.8, 4) is 0 Å². The fraction of sp³-hybridized carbons (Fsp3) is 0.459. The van der Waals surface area contributed by atoms with Crippen LogP contribution < -0.4 is 10.4 Å². The second kappa shape index (κ2) is 10.5. The van der Waals surface area contributed by atoms with Crippen LogP contribution in [0.2, 0.25) is 0 Å². The van der Waals surface area contributed by atoms with Crippen LogP contribution in [-0.4, -0.2) is 0 Å². The molecule has 0 radical (unpaired) electrons. The molecule has 0 aliphatic carbocycles. The van der Waals surface area contributed by atoms with Crippen LogP contribution in [0.25, 0.3) is 5.70 Å². The number of hydrogen-bond donors (Lipinski definition) is 1. The summed E-state index contributed by atoms with van der Waals surface area (Å²) < 4.78 is 0. The number of nitrogens with zero attached hydrogens (tertiary/aromatic N) is 1. The lowest BCUT2D eigenvalue weighted by atomic mass is 9.72. The molecule has 3 aromatic rings. The minimum Gasteiger partial charge on any atom is -0.297 e. The van der Waals surface area contributed by atoms with E-state index >= 15 is 0 Å². The molecule has 0 amide bonds. The second-order valence-corrected chi connectivity index (χ2v) is 15.3. The molecule has 0 fully saturated rings. The van der Waals surface area contributed by atoms with Gasteiger partial charge >= 0.3 is 0 Å². The van der Waals surface area contributed by atoms with E-state index < -0.39 is 0 Å². The van der Waals surface area contributed by atoms with Crippen LogP contribution in [0.15, 0.2) is 84.9 Å². The van der Waals surface area contributed by atoms with Crippen molar-refractivity contribution >= 4 is 11.4 Å². The van der Waals surface area contributed by atoms with Crippen molar-refractivity contribution in [2.24, 2.45) is 10.8 Å². The predicted molar refractivity (Wildman–Crippen MR) is 170 cm³/mol. The highest BCUT2D eigenvalue weighted by Crippen LogP contribution is 2.40. The van der Waals surface area contributed by atoms with Gasteiger partial charge in [0, 0.05) is 0 Å². The summed E-state index contributed by atoms with van der Waals surface area (Å²) in [5.41, 5.74) is 12.2. The molecule has 0 saturated carbocycles. The van der Waals surface area contributed by atoms with Gasteiger partial charge < -0.3 is 0 Å². The van der Waals surface area contributed by atoms with E-state index in [2.05, 4.69) is 165 Å². The van der Waals surface area contributed by atoms with Crippen LogP contribution in [-0.2, 0) is 10.8 Å². The van der Waals surface area contributed by atoms with Gasteiger partial charge in [-0.2, -0.15) is 0 Å². The minimum absolute atomic E-state index is 0.105. The highest BCUT2D eigenvalue weighted by molar-refractivity contribution is 5.72. The summed E-state index contributed by atoms with van der Waals surface area (Å²) in [6.07, 6.45) is 4.65. The van der Waals surface area contributed by atoms with Crippen LogP contribution in [0.1, 0.15) is 110 Å². The van der Waals surface area contributed by atoms with E-state index in [4.69, 9.17) is 0 Å². The smallest absolute Gasteiger partial charge is 0.0958 e. The molecule has 1 N–H and O–H groups in total. The normalized spacial score (nSPS) is 16.7. The van der Waals surface area contributed by atoms with Crippen molar-refractivity contribution in [1.29, 1.82) is 0 Å². The van der Waals surface area contributed by atoms with Crippen molar-refractivity contribution in [3.05, 3.63) is 107 Å². The summed E-state index contributed by atoms with van der Waals surface area (Å²) in [5.74, 6) is 0. The maximum absolute atomic E-state index is 3.74. The topological polar surface area (TPSA) is 15.3 Å². The Morgan fingerprint density at radius 2 is 1.05 bits per heavy atom. The molecular weight excluding hydrogens is 472 g/mol. The summed E-state index contributed by atoms with van der Waals surface area (Å²) in [4.78, 5) is 0. The zero-order valence-corrected chi connectivity index (χ0v) is 26.0. The van der Waals surface area contributed by atoms with Gasteiger partial charge in [0.25, 0.3) is 0 Å². The lowest BCUT2D eigenvalue weighted by Gasteiger charge is -2.34. The lowest BCUT2D eigenvalue weighted by Crippen LogP contribution is -2.34. The Morgan fingerprint density at radius 1 is 0.590 bits per heavy atom. The number of nitrogens with one attached hydrogen (secondary N) is 1. The summed E-state index contributed by atoms with van der Waals surface area (Å²) in [5, 5.41) is 2.32. The highest BCUT2D eigenvalue weighted by atomic mass is 15.5. The number of benzene rings is 3. The van der Waals surface area contributed by atoms with E-state index in [9.17, 15) is 0 Å². The van der Waals surface area contributed by atoms with Crippen molar-refractivity contribution in [1.82, 2.24) is 5.43 Å². The van der Waals surface area contributed by atoms with Crippen LogP contribution in [0.3, 0.4) is 0 Å². The Kier molecular flexibility index (Phi) is 7.83. The van der Waals surface area contributed by atoms with Crippen molar-refractivity contribution in [2.75, 3.05) is 5.01 Å². The van der Waals surface area contributed by atoms with E-state index in [0.717, 1.165) is 18.5 Å². The number of hydrazine groups is 1. The van der Waals surface area contributed by atoms with E-state index in [1.54, 1.807) is 0 Å². The molecule has 4 rings (SSSR count). The number of hydrogen-bond acceptors (Lipinski definition) is 2. The molecule has 3 aromatic carbocycles. The third-order valence-electron chi connectivity index (χ3n) is 7.83. The zero-order valence-electron chi connectivity index (χ0n) is 26.0. The molecule has 208 valence electrons. The van der Waals surface area contributed by atoms with Gasteiger partial charge in [0.15, 0.2) is 0 Å². The summed E-state index contributed by atoms with van der Waals surface area (Å²) in [7, 11) is 0. The Hall–Kier alpha value is -3.00. The third-order valence-corrected chi connectivity index (χ3v) is 7.83. The van der Waals surface area contributed by atoms with Crippen molar-refractivity contribution in [2.45, 2.75) is 99.0 Å². The maximum Gasteiger partial charge on any atom is 0.0958 e. The molecule has 0 saturated heterocycles. The molecule has 1 unspecified atom stereocenters. The minimum atomic E-state index is 0.105.